The molecule has 1 aliphatic heterocycles. The van der Waals surface area contributed by atoms with Gasteiger partial charge in [0.1, 0.15) is 5.82 Å². The van der Waals surface area contributed by atoms with Gasteiger partial charge in [0, 0.05) is 18.7 Å². The van der Waals surface area contributed by atoms with Crippen molar-refractivity contribution in [1.29, 1.82) is 0 Å². The molecule has 0 bridgehead atoms. The Morgan fingerprint density at radius 1 is 1.29 bits per heavy atom. The smallest absolute Gasteiger partial charge is 0.109 e. The van der Waals surface area contributed by atoms with E-state index in [2.05, 4.69) is 39.2 Å². The fourth-order valence-corrected chi connectivity index (χ4v) is 2.92. The van der Waals surface area contributed by atoms with Crippen LogP contribution in [0.2, 0.25) is 0 Å². The van der Waals surface area contributed by atoms with Crippen molar-refractivity contribution < 1.29 is 0 Å². The fourth-order valence-electron chi connectivity index (χ4n) is 2.92. The van der Waals surface area contributed by atoms with Gasteiger partial charge in [-0.3, -0.25) is 0 Å². The van der Waals surface area contributed by atoms with Gasteiger partial charge >= 0.3 is 0 Å². The van der Waals surface area contributed by atoms with E-state index in [0.717, 1.165) is 12.3 Å². The van der Waals surface area contributed by atoms with Crippen LogP contribution in [0, 0.1) is 11.8 Å². The zero-order chi connectivity index (χ0) is 12.6. The minimum absolute atomic E-state index is 0.593. The molecule has 0 saturated carbocycles. The van der Waals surface area contributed by atoms with Crippen LogP contribution >= 0.6 is 0 Å². The van der Waals surface area contributed by atoms with Gasteiger partial charge in [-0.1, -0.05) is 34.6 Å². The SMILES string of the molecule is CC(C)Cc1nc2n(c1C(C)C)CC(C)CC2. The lowest BCUT2D eigenvalue weighted by atomic mass is 9.99. The first-order chi connectivity index (χ1) is 7.99. The normalized spacial score (nSPS) is 20.1. The van der Waals surface area contributed by atoms with Gasteiger partial charge in [-0.2, -0.15) is 0 Å². The third kappa shape index (κ3) is 2.56. The molecule has 1 aromatic heterocycles. The van der Waals surface area contributed by atoms with Crippen molar-refractivity contribution in [3.63, 3.8) is 0 Å². The average molecular weight is 234 g/mol. The van der Waals surface area contributed by atoms with Crippen LogP contribution in [0.1, 0.15) is 64.2 Å². The molecule has 96 valence electrons. The van der Waals surface area contributed by atoms with Crippen LogP contribution in [0.5, 0.6) is 0 Å². The number of aromatic nitrogens is 2. The molecule has 0 aromatic carbocycles. The maximum absolute atomic E-state index is 4.91. The van der Waals surface area contributed by atoms with Crippen LogP contribution in [-0.2, 0) is 19.4 Å². The summed E-state index contributed by atoms with van der Waals surface area (Å²) in [7, 11) is 0. The maximum atomic E-state index is 4.91. The summed E-state index contributed by atoms with van der Waals surface area (Å²) in [6.45, 7) is 12.7. The molecule has 1 atom stereocenters. The predicted molar refractivity (Wildman–Crippen MR) is 72.3 cm³/mol. The molecule has 0 radical (unpaired) electrons. The van der Waals surface area contributed by atoms with E-state index in [1.54, 1.807) is 0 Å². The highest BCUT2D eigenvalue weighted by Crippen LogP contribution is 2.29. The molecule has 1 aromatic rings. The van der Waals surface area contributed by atoms with E-state index in [1.807, 2.05) is 0 Å². The number of fused-ring (bicyclic) bond motifs is 1. The van der Waals surface area contributed by atoms with Crippen LogP contribution in [0.25, 0.3) is 0 Å². The summed E-state index contributed by atoms with van der Waals surface area (Å²) in [6.07, 6.45) is 3.59. The Morgan fingerprint density at radius 3 is 2.59 bits per heavy atom. The van der Waals surface area contributed by atoms with Crippen LogP contribution in [0.15, 0.2) is 0 Å². The molecule has 0 spiro atoms. The quantitative estimate of drug-likeness (QED) is 0.778. The molecule has 2 heterocycles. The van der Waals surface area contributed by atoms with E-state index in [1.165, 1.54) is 36.6 Å². The van der Waals surface area contributed by atoms with E-state index in [4.69, 9.17) is 4.98 Å². The van der Waals surface area contributed by atoms with Crippen LogP contribution < -0.4 is 0 Å². The zero-order valence-corrected chi connectivity index (χ0v) is 12.0. The minimum Gasteiger partial charge on any atom is -0.331 e. The molecule has 1 aliphatic rings. The first kappa shape index (κ1) is 12.7. The average Bonchev–Trinajstić information content (AvgIpc) is 2.53. The van der Waals surface area contributed by atoms with E-state index >= 15 is 0 Å². The van der Waals surface area contributed by atoms with Crippen molar-refractivity contribution in [2.75, 3.05) is 0 Å². The van der Waals surface area contributed by atoms with Crippen molar-refractivity contribution in [3.05, 3.63) is 17.2 Å². The second kappa shape index (κ2) is 4.83. The largest absolute Gasteiger partial charge is 0.331 e. The van der Waals surface area contributed by atoms with E-state index < -0.39 is 0 Å². The third-order valence-corrected chi connectivity index (χ3v) is 3.67. The molecule has 2 heteroatoms. The molecular weight excluding hydrogens is 208 g/mol. The highest BCUT2D eigenvalue weighted by Gasteiger charge is 2.24. The summed E-state index contributed by atoms with van der Waals surface area (Å²) in [6, 6.07) is 0. The molecule has 0 N–H and O–H groups in total. The Kier molecular flexibility index (Phi) is 3.60. The van der Waals surface area contributed by atoms with Crippen molar-refractivity contribution in [3.8, 4) is 0 Å². The summed E-state index contributed by atoms with van der Waals surface area (Å²) in [5, 5.41) is 0. The molecule has 2 rings (SSSR count). The third-order valence-electron chi connectivity index (χ3n) is 3.67. The Bertz CT molecular complexity index is 388. The highest BCUT2D eigenvalue weighted by molar-refractivity contribution is 5.22. The van der Waals surface area contributed by atoms with Gasteiger partial charge in [0.15, 0.2) is 0 Å². The Balaban J connectivity index is 2.40. The van der Waals surface area contributed by atoms with Crippen molar-refractivity contribution >= 4 is 0 Å². The van der Waals surface area contributed by atoms with E-state index in [9.17, 15) is 0 Å². The first-order valence-corrected chi connectivity index (χ1v) is 7.07. The van der Waals surface area contributed by atoms with Crippen LogP contribution in [0.3, 0.4) is 0 Å². The summed E-state index contributed by atoms with van der Waals surface area (Å²) in [5.41, 5.74) is 2.86. The summed E-state index contributed by atoms with van der Waals surface area (Å²) in [4.78, 5) is 4.91. The molecule has 2 nitrogen and oxygen atoms in total. The van der Waals surface area contributed by atoms with E-state index in [-0.39, 0.29) is 0 Å². The Labute approximate surface area is 105 Å². The zero-order valence-electron chi connectivity index (χ0n) is 12.0. The van der Waals surface area contributed by atoms with E-state index in [0.29, 0.717) is 11.8 Å². The lowest BCUT2D eigenvalue weighted by Crippen LogP contribution is -2.20. The lowest BCUT2D eigenvalue weighted by Gasteiger charge is -2.23. The number of rotatable bonds is 3. The van der Waals surface area contributed by atoms with Crippen molar-refractivity contribution in [2.45, 2.75) is 66.3 Å². The molecule has 1 unspecified atom stereocenters. The molecule has 0 aliphatic carbocycles. The van der Waals surface area contributed by atoms with Gasteiger partial charge in [0.2, 0.25) is 0 Å². The maximum Gasteiger partial charge on any atom is 0.109 e. The predicted octanol–water partition coefficient (Wildman–Crippen LogP) is 3.79. The monoisotopic (exact) mass is 234 g/mol. The van der Waals surface area contributed by atoms with Crippen LogP contribution in [-0.4, -0.2) is 9.55 Å². The highest BCUT2D eigenvalue weighted by atomic mass is 15.1. The van der Waals surface area contributed by atoms with Gasteiger partial charge < -0.3 is 4.57 Å². The standard InChI is InChI=1S/C15H26N2/c1-10(2)8-13-15(11(3)4)17-9-12(5)6-7-14(17)16-13/h10-12H,6-9H2,1-5H3. The van der Waals surface area contributed by atoms with Gasteiger partial charge in [0.05, 0.1) is 5.69 Å². The Morgan fingerprint density at radius 2 is 2.00 bits per heavy atom. The molecule has 0 saturated heterocycles. The number of hydrogen-bond donors (Lipinski definition) is 0. The van der Waals surface area contributed by atoms with Crippen molar-refractivity contribution in [2.24, 2.45) is 11.8 Å². The number of aryl methyl sites for hydroxylation is 1. The summed E-state index contributed by atoms with van der Waals surface area (Å²) in [5.74, 6) is 3.43. The van der Waals surface area contributed by atoms with Crippen molar-refractivity contribution in [1.82, 2.24) is 9.55 Å². The molecule has 17 heavy (non-hydrogen) atoms. The molecule has 0 fully saturated rings. The number of imidazole rings is 1. The van der Waals surface area contributed by atoms with Gasteiger partial charge in [-0.05, 0) is 30.6 Å². The second-order valence-electron chi connectivity index (χ2n) is 6.37. The number of nitrogens with zero attached hydrogens (tertiary/aromatic N) is 2. The van der Waals surface area contributed by atoms with Gasteiger partial charge in [-0.15, -0.1) is 0 Å². The first-order valence-electron chi connectivity index (χ1n) is 7.07. The minimum atomic E-state index is 0.593. The molecule has 0 amide bonds. The summed E-state index contributed by atoms with van der Waals surface area (Å²) < 4.78 is 2.51. The van der Waals surface area contributed by atoms with Gasteiger partial charge in [-0.25, -0.2) is 4.98 Å². The number of hydrogen-bond acceptors (Lipinski definition) is 1. The second-order valence-corrected chi connectivity index (χ2v) is 6.37. The van der Waals surface area contributed by atoms with Crippen LogP contribution in [0.4, 0.5) is 0 Å². The molecular formula is C15H26N2. The topological polar surface area (TPSA) is 17.8 Å². The lowest BCUT2D eigenvalue weighted by molar-refractivity contribution is 0.383. The Hall–Kier alpha value is -0.790. The fraction of sp³-hybridized carbons (Fsp3) is 0.800. The summed E-state index contributed by atoms with van der Waals surface area (Å²) >= 11 is 0. The van der Waals surface area contributed by atoms with Gasteiger partial charge in [0.25, 0.3) is 0 Å².